The molecule has 1 saturated heterocycles. The molecule has 2 aromatic carbocycles. The number of hydrogen-bond donors (Lipinski definition) is 1. The SMILES string of the molecule is O=C(Nc1ccc(F)cc1)C1CCN(S(=O)(=O)Cc2cccc(Br)c2)CC1. The molecule has 3 rings (SSSR count). The molecule has 1 amide bonds. The standard InChI is InChI=1S/C19H20BrFN2O3S/c20-16-3-1-2-14(12-16)13-27(25,26)23-10-8-15(9-11-23)19(24)22-18-6-4-17(21)5-7-18/h1-7,12,15H,8-11,13H2,(H,22,24). The van der Waals surface area contributed by atoms with Crippen molar-refractivity contribution in [1.82, 2.24) is 4.31 Å². The first-order valence-corrected chi connectivity index (χ1v) is 11.0. The highest BCUT2D eigenvalue weighted by Crippen LogP contribution is 2.24. The van der Waals surface area contributed by atoms with E-state index in [0.717, 1.165) is 10.0 Å². The second-order valence-corrected chi connectivity index (χ2v) is 9.44. The fourth-order valence-electron chi connectivity index (χ4n) is 3.10. The van der Waals surface area contributed by atoms with Gasteiger partial charge in [-0.3, -0.25) is 4.79 Å². The van der Waals surface area contributed by atoms with Crippen LogP contribution in [0.5, 0.6) is 0 Å². The maximum atomic E-state index is 12.9. The molecule has 1 N–H and O–H groups in total. The maximum Gasteiger partial charge on any atom is 0.227 e. The molecule has 0 aromatic heterocycles. The summed E-state index contributed by atoms with van der Waals surface area (Å²) in [6.45, 7) is 0.635. The molecule has 1 aliphatic heterocycles. The summed E-state index contributed by atoms with van der Waals surface area (Å²) in [6.07, 6.45) is 0.926. The Labute approximate surface area is 166 Å². The van der Waals surface area contributed by atoms with Crippen molar-refractivity contribution in [1.29, 1.82) is 0 Å². The lowest BCUT2D eigenvalue weighted by Gasteiger charge is -2.30. The van der Waals surface area contributed by atoms with Crippen molar-refractivity contribution in [3.63, 3.8) is 0 Å². The lowest BCUT2D eigenvalue weighted by molar-refractivity contribution is -0.120. The Balaban J connectivity index is 1.56. The number of carbonyl (C=O) groups is 1. The first-order chi connectivity index (χ1) is 12.8. The number of rotatable bonds is 5. The monoisotopic (exact) mass is 454 g/mol. The molecule has 1 fully saturated rings. The van der Waals surface area contributed by atoms with Crippen molar-refractivity contribution in [3.8, 4) is 0 Å². The Morgan fingerprint density at radius 1 is 1.15 bits per heavy atom. The molecular weight excluding hydrogens is 435 g/mol. The van der Waals surface area contributed by atoms with Crippen LogP contribution in [0.25, 0.3) is 0 Å². The Kier molecular flexibility index (Phi) is 6.29. The summed E-state index contributed by atoms with van der Waals surface area (Å²) in [4.78, 5) is 12.4. The predicted molar refractivity (Wildman–Crippen MR) is 106 cm³/mol. The van der Waals surface area contributed by atoms with Crippen LogP contribution < -0.4 is 5.32 Å². The van der Waals surface area contributed by atoms with Crippen LogP contribution in [0.3, 0.4) is 0 Å². The van der Waals surface area contributed by atoms with Crippen LogP contribution in [0, 0.1) is 11.7 Å². The quantitative estimate of drug-likeness (QED) is 0.747. The third-order valence-electron chi connectivity index (χ3n) is 4.57. The normalized spacial score (nSPS) is 16.2. The van der Waals surface area contributed by atoms with Gasteiger partial charge in [-0.1, -0.05) is 28.1 Å². The van der Waals surface area contributed by atoms with Crippen LogP contribution in [0.2, 0.25) is 0 Å². The first kappa shape index (κ1) is 20.0. The van der Waals surface area contributed by atoms with Crippen molar-refractivity contribution in [3.05, 3.63) is 64.4 Å². The van der Waals surface area contributed by atoms with Gasteiger partial charge in [-0.05, 0) is 54.8 Å². The zero-order valence-electron chi connectivity index (χ0n) is 14.6. The van der Waals surface area contributed by atoms with Gasteiger partial charge in [-0.25, -0.2) is 17.1 Å². The van der Waals surface area contributed by atoms with Gasteiger partial charge >= 0.3 is 0 Å². The van der Waals surface area contributed by atoms with Gasteiger partial charge < -0.3 is 5.32 Å². The molecule has 8 heteroatoms. The lowest BCUT2D eigenvalue weighted by Crippen LogP contribution is -2.41. The number of amides is 1. The maximum absolute atomic E-state index is 12.9. The van der Waals surface area contributed by atoms with E-state index in [0.29, 0.717) is 31.6 Å². The number of anilines is 1. The smallest absolute Gasteiger partial charge is 0.227 e. The van der Waals surface area contributed by atoms with Gasteiger partial charge in [0.15, 0.2) is 0 Å². The Bertz CT molecular complexity index is 911. The highest BCUT2D eigenvalue weighted by molar-refractivity contribution is 9.10. The molecule has 27 heavy (non-hydrogen) atoms. The van der Waals surface area contributed by atoms with Crippen LogP contribution in [0.15, 0.2) is 53.0 Å². The molecular formula is C19H20BrFN2O3S. The van der Waals surface area contributed by atoms with E-state index in [4.69, 9.17) is 0 Å². The summed E-state index contributed by atoms with van der Waals surface area (Å²) in [5.41, 5.74) is 1.26. The summed E-state index contributed by atoms with van der Waals surface area (Å²) in [6, 6.07) is 12.8. The van der Waals surface area contributed by atoms with Gasteiger partial charge in [0, 0.05) is 29.2 Å². The molecule has 0 aliphatic carbocycles. The van der Waals surface area contributed by atoms with Crippen LogP contribution in [0.1, 0.15) is 18.4 Å². The minimum atomic E-state index is -3.43. The van der Waals surface area contributed by atoms with E-state index in [-0.39, 0.29) is 23.4 Å². The van der Waals surface area contributed by atoms with Gasteiger partial charge in [-0.2, -0.15) is 0 Å². The van der Waals surface area contributed by atoms with Crippen molar-refractivity contribution in [2.45, 2.75) is 18.6 Å². The topological polar surface area (TPSA) is 66.5 Å². The van der Waals surface area contributed by atoms with E-state index in [2.05, 4.69) is 21.2 Å². The largest absolute Gasteiger partial charge is 0.326 e. The Hall–Kier alpha value is -1.77. The van der Waals surface area contributed by atoms with E-state index >= 15 is 0 Å². The number of halogens is 2. The number of sulfonamides is 1. The van der Waals surface area contributed by atoms with Crippen LogP contribution in [-0.4, -0.2) is 31.7 Å². The number of piperidine rings is 1. The van der Waals surface area contributed by atoms with Gasteiger partial charge in [0.1, 0.15) is 5.82 Å². The number of nitrogens with one attached hydrogen (secondary N) is 1. The number of hydrogen-bond acceptors (Lipinski definition) is 3. The zero-order chi connectivity index (χ0) is 19.4. The van der Waals surface area contributed by atoms with E-state index < -0.39 is 10.0 Å². The summed E-state index contributed by atoms with van der Waals surface area (Å²) in [7, 11) is -3.43. The van der Waals surface area contributed by atoms with Gasteiger partial charge in [0.2, 0.25) is 15.9 Å². The highest BCUT2D eigenvalue weighted by Gasteiger charge is 2.31. The lowest BCUT2D eigenvalue weighted by atomic mass is 9.97. The summed E-state index contributed by atoms with van der Waals surface area (Å²) in [5.74, 6) is -0.839. The van der Waals surface area contributed by atoms with Gasteiger partial charge in [0.05, 0.1) is 5.75 Å². The van der Waals surface area contributed by atoms with E-state index in [1.54, 1.807) is 18.2 Å². The van der Waals surface area contributed by atoms with Crippen molar-refractivity contribution in [2.24, 2.45) is 5.92 Å². The van der Waals surface area contributed by atoms with Crippen LogP contribution in [-0.2, 0) is 20.6 Å². The molecule has 1 heterocycles. The summed E-state index contributed by atoms with van der Waals surface area (Å²) >= 11 is 3.35. The first-order valence-electron chi connectivity index (χ1n) is 8.62. The fourth-order valence-corrected chi connectivity index (χ4v) is 5.10. The molecule has 2 aromatic rings. The molecule has 144 valence electrons. The third-order valence-corrected chi connectivity index (χ3v) is 6.91. The average Bonchev–Trinajstić information content (AvgIpc) is 2.63. The minimum absolute atomic E-state index is 0.0567. The Morgan fingerprint density at radius 3 is 2.44 bits per heavy atom. The van der Waals surface area contributed by atoms with Gasteiger partial charge in [-0.15, -0.1) is 0 Å². The molecule has 0 bridgehead atoms. The van der Waals surface area contributed by atoms with E-state index in [1.165, 1.54) is 28.6 Å². The van der Waals surface area contributed by atoms with Crippen molar-refractivity contribution >= 4 is 37.5 Å². The van der Waals surface area contributed by atoms with Crippen molar-refractivity contribution in [2.75, 3.05) is 18.4 Å². The number of benzene rings is 2. The molecule has 1 aliphatic rings. The molecule has 0 radical (unpaired) electrons. The molecule has 0 unspecified atom stereocenters. The van der Waals surface area contributed by atoms with E-state index in [1.807, 2.05) is 6.07 Å². The number of carbonyl (C=O) groups excluding carboxylic acids is 1. The number of nitrogens with zero attached hydrogens (tertiary/aromatic N) is 1. The summed E-state index contributed by atoms with van der Waals surface area (Å²) < 4.78 is 40.5. The zero-order valence-corrected chi connectivity index (χ0v) is 17.0. The minimum Gasteiger partial charge on any atom is -0.326 e. The third kappa shape index (κ3) is 5.37. The average molecular weight is 455 g/mol. The fraction of sp³-hybridized carbons (Fsp3) is 0.316. The Morgan fingerprint density at radius 2 is 1.81 bits per heavy atom. The van der Waals surface area contributed by atoms with Crippen molar-refractivity contribution < 1.29 is 17.6 Å². The highest BCUT2D eigenvalue weighted by atomic mass is 79.9. The molecule has 5 nitrogen and oxygen atoms in total. The van der Waals surface area contributed by atoms with E-state index in [9.17, 15) is 17.6 Å². The second-order valence-electron chi connectivity index (χ2n) is 6.56. The molecule has 0 spiro atoms. The molecule has 0 atom stereocenters. The predicted octanol–water partition coefficient (Wildman–Crippen LogP) is 3.77. The second kappa shape index (κ2) is 8.50. The molecule has 0 saturated carbocycles. The van der Waals surface area contributed by atoms with Crippen LogP contribution >= 0.6 is 15.9 Å². The summed E-state index contributed by atoms with van der Waals surface area (Å²) in [5, 5.41) is 2.76. The van der Waals surface area contributed by atoms with Crippen LogP contribution in [0.4, 0.5) is 10.1 Å². The van der Waals surface area contributed by atoms with Gasteiger partial charge in [0.25, 0.3) is 0 Å².